The summed E-state index contributed by atoms with van der Waals surface area (Å²) < 4.78 is 7.18. The average Bonchev–Trinajstić information content (AvgIpc) is 1.59. The number of anilines is 9. The Hall–Kier alpha value is -19.1. The third-order valence-electron chi connectivity index (χ3n) is 28.1. The lowest BCUT2D eigenvalue weighted by Gasteiger charge is -2.28. The van der Waals surface area contributed by atoms with Gasteiger partial charge in [0.2, 0.25) is 0 Å². The van der Waals surface area contributed by atoms with Crippen molar-refractivity contribution in [3.05, 3.63) is 582 Å². The predicted molar refractivity (Wildman–Crippen MR) is 612 cm³/mol. The molecule has 0 spiro atoms. The van der Waals surface area contributed by atoms with Crippen LogP contribution < -0.4 is 14.7 Å². The minimum Gasteiger partial charge on any atom is -0.310 e. The molecule has 678 valence electrons. The number of aromatic nitrogens is 3. The van der Waals surface area contributed by atoms with Crippen molar-refractivity contribution in [1.29, 1.82) is 0 Å². The lowest BCUT2D eigenvalue weighted by atomic mass is 9.99. The van der Waals surface area contributed by atoms with Crippen LogP contribution in [0, 0.1) is 0 Å². The van der Waals surface area contributed by atoms with Crippen molar-refractivity contribution in [3.63, 3.8) is 0 Å². The molecule has 0 bridgehead atoms. The van der Waals surface area contributed by atoms with Gasteiger partial charge in [0, 0.05) is 100.0 Å². The van der Waals surface area contributed by atoms with E-state index in [0.29, 0.717) is 0 Å². The first-order valence-electron chi connectivity index (χ1n) is 49.3. The van der Waals surface area contributed by atoms with Gasteiger partial charge in [0.05, 0.1) is 44.5 Å². The van der Waals surface area contributed by atoms with Crippen molar-refractivity contribution in [3.8, 4) is 83.8 Å². The van der Waals surface area contributed by atoms with Gasteiger partial charge in [0.15, 0.2) is 0 Å². The third kappa shape index (κ3) is 16.6. The fourth-order valence-corrected chi connectivity index (χ4v) is 21.2. The number of hydrogen-bond acceptors (Lipinski definition) is 3. The SMILES string of the molecule is c1ccc(-c2ccc(N(c3ccc(-c4ccccc4)cc3)c3c4ccccc4cc4c3c3ccccc3n4-c3ccccc3)cc2)cc1.c1ccc(-c2ccc(N(c3ccc(-c4ccccc4)cc3)c3ccc4cc5c(cc4c3)c3ccccc3n5-c3ccccc3)cc2)cc1.c1ccc(-c2ccc(N(c3ccc(-c4ccccc4)cc3)c3cccc4cc5c(cc34)c3ccccc3n5-c3ccccc3)cc2)cc1. The van der Waals surface area contributed by atoms with Gasteiger partial charge in [-0.25, -0.2) is 0 Å². The van der Waals surface area contributed by atoms with Gasteiger partial charge in [0.25, 0.3) is 0 Å². The van der Waals surface area contributed by atoms with E-state index in [1.807, 2.05) is 0 Å². The van der Waals surface area contributed by atoms with Gasteiger partial charge in [-0.15, -0.1) is 0 Å². The summed E-state index contributed by atoms with van der Waals surface area (Å²) >= 11 is 0. The molecule has 0 aliphatic heterocycles. The maximum atomic E-state index is 2.45. The van der Waals surface area contributed by atoms with Crippen LogP contribution in [0.15, 0.2) is 582 Å². The van der Waals surface area contributed by atoms with Crippen molar-refractivity contribution >= 4 is 149 Å². The maximum Gasteiger partial charge on any atom is 0.0640 e. The summed E-state index contributed by atoms with van der Waals surface area (Å²) in [6.07, 6.45) is 0. The van der Waals surface area contributed by atoms with Crippen molar-refractivity contribution in [2.75, 3.05) is 14.7 Å². The highest BCUT2D eigenvalue weighted by atomic mass is 15.2. The zero-order valence-electron chi connectivity index (χ0n) is 79.1. The summed E-state index contributed by atoms with van der Waals surface area (Å²) in [7, 11) is 0. The lowest BCUT2D eigenvalue weighted by molar-refractivity contribution is 1.18. The Labute approximate surface area is 837 Å². The van der Waals surface area contributed by atoms with Gasteiger partial charge < -0.3 is 28.4 Å². The molecule has 0 radical (unpaired) electrons. The summed E-state index contributed by atoms with van der Waals surface area (Å²) in [5, 5.41) is 14.7. The minimum absolute atomic E-state index is 1.11. The highest BCUT2D eigenvalue weighted by Gasteiger charge is 2.27. The summed E-state index contributed by atoms with van der Waals surface area (Å²) in [6, 6.07) is 210. The summed E-state index contributed by atoms with van der Waals surface area (Å²) in [5.74, 6) is 0. The smallest absolute Gasteiger partial charge is 0.0640 e. The Kier molecular flexibility index (Phi) is 23.0. The molecule has 0 amide bonds. The van der Waals surface area contributed by atoms with Crippen LogP contribution in [0.25, 0.3) is 182 Å². The van der Waals surface area contributed by atoms with Gasteiger partial charge >= 0.3 is 0 Å². The number of benzene rings is 24. The van der Waals surface area contributed by atoms with E-state index in [9.17, 15) is 0 Å². The van der Waals surface area contributed by atoms with E-state index in [2.05, 4.69) is 611 Å². The van der Waals surface area contributed by atoms with Crippen LogP contribution in [-0.4, -0.2) is 13.7 Å². The third-order valence-corrected chi connectivity index (χ3v) is 28.1. The molecule has 24 aromatic carbocycles. The molecule has 0 atom stereocenters. The highest BCUT2D eigenvalue weighted by molar-refractivity contribution is 6.25. The normalized spacial score (nSPS) is 11.3. The second kappa shape index (κ2) is 38.3. The molecular weight excluding hydrogens is 1740 g/mol. The number of fused-ring (bicyclic) bond motifs is 12. The molecule has 144 heavy (non-hydrogen) atoms. The number of rotatable bonds is 18. The molecule has 0 unspecified atom stereocenters. The Balaban J connectivity index is 0.000000113. The van der Waals surface area contributed by atoms with Gasteiger partial charge in [-0.1, -0.05) is 406 Å². The second-order valence-electron chi connectivity index (χ2n) is 36.7. The molecule has 6 heteroatoms. The van der Waals surface area contributed by atoms with Crippen molar-refractivity contribution in [2.45, 2.75) is 0 Å². The minimum atomic E-state index is 1.11. The number of hydrogen-bond donors (Lipinski definition) is 0. The molecule has 0 saturated heterocycles. The topological polar surface area (TPSA) is 24.5 Å². The van der Waals surface area contributed by atoms with Crippen LogP contribution in [0.1, 0.15) is 0 Å². The van der Waals surface area contributed by atoms with E-state index in [1.54, 1.807) is 0 Å². The Morgan fingerprint density at radius 1 is 0.125 bits per heavy atom. The summed E-state index contributed by atoms with van der Waals surface area (Å²) in [4.78, 5) is 7.21. The van der Waals surface area contributed by atoms with Crippen LogP contribution in [0.4, 0.5) is 51.2 Å². The van der Waals surface area contributed by atoms with Crippen LogP contribution >= 0.6 is 0 Å². The van der Waals surface area contributed by atoms with Crippen molar-refractivity contribution < 1.29 is 0 Å². The van der Waals surface area contributed by atoms with Gasteiger partial charge in [-0.3, -0.25) is 0 Å². The largest absolute Gasteiger partial charge is 0.310 e. The van der Waals surface area contributed by atoms with Gasteiger partial charge in [0.1, 0.15) is 0 Å². The predicted octanol–water partition coefficient (Wildman–Crippen LogP) is 38.2. The average molecular weight is 1840 g/mol. The van der Waals surface area contributed by atoms with E-state index in [1.165, 1.54) is 176 Å². The molecule has 3 heterocycles. The monoisotopic (exact) mass is 1840 g/mol. The molecular formula is C138H96N6. The van der Waals surface area contributed by atoms with Crippen LogP contribution in [0.5, 0.6) is 0 Å². The van der Waals surface area contributed by atoms with Crippen molar-refractivity contribution in [1.82, 2.24) is 13.7 Å². The Bertz CT molecular complexity index is 9000. The van der Waals surface area contributed by atoms with Gasteiger partial charge in [-0.2, -0.15) is 0 Å². The first-order valence-corrected chi connectivity index (χ1v) is 49.3. The summed E-state index contributed by atoms with van der Waals surface area (Å²) in [6.45, 7) is 0. The van der Waals surface area contributed by atoms with E-state index < -0.39 is 0 Å². The first-order chi connectivity index (χ1) is 71.4. The number of para-hydroxylation sites is 6. The second-order valence-corrected chi connectivity index (χ2v) is 36.7. The van der Waals surface area contributed by atoms with E-state index in [-0.39, 0.29) is 0 Å². The zero-order valence-corrected chi connectivity index (χ0v) is 79.1. The van der Waals surface area contributed by atoms with Crippen molar-refractivity contribution in [2.24, 2.45) is 0 Å². The lowest BCUT2D eigenvalue weighted by Crippen LogP contribution is -2.11. The zero-order chi connectivity index (χ0) is 95.6. The van der Waals surface area contributed by atoms with E-state index in [0.717, 1.165) is 56.9 Å². The molecule has 6 nitrogen and oxygen atoms in total. The Morgan fingerprint density at radius 3 is 0.771 bits per heavy atom. The van der Waals surface area contributed by atoms with Crippen LogP contribution in [0.3, 0.4) is 0 Å². The molecule has 27 aromatic rings. The first kappa shape index (κ1) is 86.4. The fraction of sp³-hybridized carbons (Fsp3) is 0. The highest BCUT2D eigenvalue weighted by Crippen LogP contribution is 2.51. The number of nitrogens with zero attached hydrogens (tertiary/aromatic N) is 6. The molecule has 0 fully saturated rings. The van der Waals surface area contributed by atoms with Crippen LogP contribution in [-0.2, 0) is 0 Å². The molecule has 3 aromatic heterocycles. The molecule has 27 rings (SSSR count). The Morgan fingerprint density at radius 2 is 0.389 bits per heavy atom. The van der Waals surface area contributed by atoms with Crippen LogP contribution in [0.2, 0.25) is 0 Å². The summed E-state index contributed by atoms with van der Waals surface area (Å²) in [5.41, 5.74) is 35.3. The molecule has 0 N–H and O–H groups in total. The van der Waals surface area contributed by atoms with E-state index in [4.69, 9.17) is 0 Å². The maximum absolute atomic E-state index is 2.45. The standard InChI is InChI=1S/3C46H32N2/c1-4-14-33(15-5-1)35-24-28-39(29-25-35)47(40-30-26-36(27-31-40)34-16-6-2-7-17-34)46-41-21-11-10-18-37(41)32-44-45(46)42-22-12-13-23-43(42)48(44)38-19-8-3-9-20-38;1-4-13-33(14-5-1)35-23-27-39(28-24-35)47(40-29-25-36(26-30-40)34-15-6-2-7-16-34)45-22-12-17-37-31-46-43(32-42(37)45)41-20-10-11-21-44(41)48(46)38-18-8-3-9-19-38;1-4-12-33(13-5-1)35-20-25-40(26-21-35)47(41-27-22-36(23-28-41)34-14-6-2-7-15-34)42-29-24-37-32-46-44(31-38(37)30-42)43-18-10-11-19-45(43)48(46)39-16-8-3-9-17-39/h3*1-32H. The fourth-order valence-electron chi connectivity index (χ4n) is 21.2. The molecule has 0 aliphatic carbocycles. The van der Waals surface area contributed by atoms with Gasteiger partial charge in [-0.05, 0) is 264 Å². The molecule has 0 saturated carbocycles. The quantitative estimate of drug-likeness (QED) is 0.0856. The molecule has 0 aliphatic rings. The van der Waals surface area contributed by atoms with E-state index >= 15 is 0 Å².